The number of hydrogen-bond donors (Lipinski definition) is 3. The molecule has 0 atom stereocenters. The number of ether oxygens (including phenoxy) is 1. The van der Waals surface area contributed by atoms with Gasteiger partial charge in [-0.2, -0.15) is 0 Å². The Hall–Kier alpha value is -3.66. The minimum absolute atomic E-state index is 0.106. The highest BCUT2D eigenvalue weighted by molar-refractivity contribution is 6.30. The molecule has 4 rings (SSSR count). The van der Waals surface area contributed by atoms with E-state index in [-0.39, 0.29) is 37.3 Å². The van der Waals surface area contributed by atoms with Gasteiger partial charge < -0.3 is 20.3 Å². The summed E-state index contributed by atoms with van der Waals surface area (Å²) in [5.41, 5.74) is 2.92. The largest absolute Gasteiger partial charge is 0.445 e. The van der Waals surface area contributed by atoms with Gasteiger partial charge in [-0.1, -0.05) is 28.9 Å². The van der Waals surface area contributed by atoms with E-state index < -0.39 is 6.09 Å². The Morgan fingerprint density at radius 3 is 2.65 bits per heavy atom. The van der Waals surface area contributed by atoms with Gasteiger partial charge in [0.25, 0.3) is 0 Å². The van der Waals surface area contributed by atoms with Gasteiger partial charge in [0.2, 0.25) is 11.8 Å². The summed E-state index contributed by atoms with van der Waals surface area (Å²) in [6, 6.07) is 12.4. The van der Waals surface area contributed by atoms with E-state index in [9.17, 15) is 14.4 Å². The molecule has 0 spiro atoms. The highest BCUT2D eigenvalue weighted by atomic mass is 35.5. The van der Waals surface area contributed by atoms with E-state index in [1.165, 1.54) is 0 Å². The lowest BCUT2D eigenvalue weighted by Crippen LogP contribution is -2.43. The number of carbonyl (C=O) groups excluding carboxylic acids is 3. The smallest absolute Gasteiger partial charge is 0.410 e. The van der Waals surface area contributed by atoms with E-state index in [0.29, 0.717) is 42.2 Å². The van der Waals surface area contributed by atoms with Crippen molar-refractivity contribution in [2.75, 3.05) is 25.0 Å². The molecule has 10 nitrogen and oxygen atoms in total. The van der Waals surface area contributed by atoms with Crippen molar-refractivity contribution in [2.45, 2.75) is 25.9 Å². The number of fused-ring (bicyclic) bond motifs is 1. The van der Waals surface area contributed by atoms with E-state index >= 15 is 0 Å². The van der Waals surface area contributed by atoms with E-state index in [2.05, 4.69) is 26.0 Å². The van der Waals surface area contributed by atoms with Crippen molar-refractivity contribution in [3.63, 3.8) is 0 Å². The van der Waals surface area contributed by atoms with Crippen molar-refractivity contribution < 1.29 is 19.1 Å². The fraction of sp³-hybridized carbons (Fsp3) is 0.348. The number of aromatic nitrogens is 3. The SMILES string of the molecule is O=C(CCNC(=O)C1CCN(C(=O)OCc2ccc(Cl)cc2)CC1)Nc1ccc2[nH]nnc2c1. The number of H-pyrrole nitrogens is 1. The molecule has 1 fully saturated rings. The van der Waals surface area contributed by atoms with Crippen molar-refractivity contribution >= 4 is 46.2 Å². The second-order valence-electron chi connectivity index (χ2n) is 8.08. The second-order valence-corrected chi connectivity index (χ2v) is 8.51. The van der Waals surface area contributed by atoms with Crippen molar-refractivity contribution in [1.82, 2.24) is 25.6 Å². The number of halogens is 1. The van der Waals surface area contributed by atoms with Gasteiger partial charge in [-0.05, 0) is 48.7 Å². The first-order valence-electron chi connectivity index (χ1n) is 11.0. The molecule has 3 aromatic rings. The third-order valence-corrected chi connectivity index (χ3v) is 5.91. The van der Waals surface area contributed by atoms with E-state index in [0.717, 1.165) is 11.1 Å². The molecule has 34 heavy (non-hydrogen) atoms. The first-order valence-corrected chi connectivity index (χ1v) is 11.4. The van der Waals surface area contributed by atoms with Gasteiger partial charge in [-0.3, -0.25) is 14.7 Å². The maximum atomic E-state index is 12.5. The summed E-state index contributed by atoms with van der Waals surface area (Å²) in [6.07, 6.45) is 0.852. The Labute approximate surface area is 201 Å². The molecule has 11 heteroatoms. The number of anilines is 1. The number of nitrogens with one attached hydrogen (secondary N) is 3. The molecule has 1 aliphatic rings. The summed E-state index contributed by atoms with van der Waals surface area (Å²) in [5.74, 6) is -0.509. The van der Waals surface area contributed by atoms with Crippen molar-refractivity contribution in [2.24, 2.45) is 5.92 Å². The van der Waals surface area contributed by atoms with Crippen LogP contribution in [0.25, 0.3) is 11.0 Å². The Balaban J connectivity index is 1.13. The number of likely N-dealkylation sites (tertiary alicyclic amines) is 1. The molecule has 0 bridgehead atoms. The first-order chi connectivity index (χ1) is 16.5. The van der Waals surface area contributed by atoms with Crippen molar-refractivity contribution in [1.29, 1.82) is 0 Å². The lowest BCUT2D eigenvalue weighted by Gasteiger charge is -2.30. The Morgan fingerprint density at radius 1 is 1.12 bits per heavy atom. The zero-order chi connectivity index (χ0) is 23.9. The van der Waals surface area contributed by atoms with Crippen LogP contribution in [0.3, 0.4) is 0 Å². The lowest BCUT2D eigenvalue weighted by atomic mass is 9.96. The number of hydrogen-bond acceptors (Lipinski definition) is 6. The van der Waals surface area contributed by atoms with Gasteiger partial charge in [-0.25, -0.2) is 4.79 Å². The lowest BCUT2D eigenvalue weighted by molar-refractivity contribution is -0.126. The van der Waals surface area contributed by atoms with Gasteiger partial charge in [0.15, 0.2) is 0 Å². The molecule has 2 heterocycles. The third kappa shape index (κ3) is 6.22. The van der Waals surface area contributed by atoms with Crippen LogP contribution in [0, 0.1) is 5.92 Å². The molecule has 1 aromatic heterocycles. The maximum Gasteiger partial charge on any atom is 0.410 e. The van der Waals surface area contributed by atoms with Crippen LogP contribution in [0.1, 0.15) is 24.8 Å². The molecule has 3 amide bonds. The summed E-state index contributed by atoms with van der Waals surface area (Å²) in [6.45, 7) is 1.30. The predicted octanol–water partition coefficient (Wildman–Crippen LogP) is 3.10. The fourth-order valence-corrected chi connectivity index (χ4v) is 3.85. The van der Waals surface area contributed by atoms with Crippen LogP contribution in [0.2, 0.25) is 5.02 Å². The number of carbonyl (C=O) groups is 3. The molecule has 178 valence electrons. The van der Waals surface area contributed by atoms with Crippen LogP contribution >= 0.6 is 11.6 Å². The number of nitrogens with zero attached hydrogens (tertiary/aromatic N) is 3. The first kappa shape index (κ1) is 23.5. The Morgan fingerprint density at radius 2 is 1.88 bits per heavy atom. The number of rotatable bonds is 7. The summed E-state index contributed by atoms with van der Waals surface area (Å²) >= 11 is 5.86. The number of aromatic amines is 1. The molecular weight excluding hydrogens is 460 g/mol. The van der Waals surface area contributed by atoms with Crippen LogP contribution in [0.15, 0.2) is 42.5 Å². The number of piperidine rings is 1. The highest BCUT2D eigenvalue weighted by Crippen LogP contribution is 2.19. The number of benzene rings is 2. The van der Waals surface area contributed by atoms with Crippen LogP contribution < -0.4 is 10.6 Å². The average Bonchev–Trinajstić information content (AvgIpc) is 3.31. The highest BCUT2D eigenvalue weighted by Gasteiger charge is 2.28. The van der Waals surface area contributed by atoms with Crippen LogP contribution in [0.5, 0.6) is 0 Å². The van der Waals surface area contributed by atoms with Gasteiger partial charge in [-0.15, -0.1) is 5.10 Å². The molecule has 3 N–H and O–H groups in total. The van der Waals surface area contributed by atoms with Crippen molar-refractivity contribution in [3.05, 3.63) is 53.1 Å². The molecule has 1 aliphatic heterocycles. The van der Waals surface area contributed by atoms with E-state index in [1.54, 1.807) is 35.2 Å². The minimum atomic E-state index is -0.394. The standard InChI is InChI=1S/C23H25ClN6O4/c24-17-3-1-15(2-4-17)14-34-23(33)30-11-8-16(9-12-30)22(32)25-10-7-21(31)26-18-5-6-19-20(13-18)28-29-27-19/h1-6,13,16H,7-12,14H2,(H,25,32)(H,26,31)(H,27,28,29). The molecule has 0 aliphatic carbocycles. The van der Waals surface area contributed by atoms with Gasteiger partial charge in [0.05, 0.1) is 5.52 Å². The Kier molecular flexibility index (Phi) is 7.58. The molecular formula is C23H25ClN6O4. The zero-order valence-corrected chi connectivity index (χ0v) is 19.2. The maximum absolute atomic E-state index is 12.5. The van der Waals surface area contributed by atoms with Gasteiger partial charge in [0.1, 0.15) is 12.1 Å². The van der Waals surface area contributed by atoms with Crippen LogP contribution in [-0.4, -0.2) is 57.9 Å². The molecule has 0 radical (unpaired) electrons. The van der Waals surface area contributed by atoms with Gasteiger partial charge in [0, 0.05) is 42.7 Å². The summed E-state index contributed by atoms with van der Waals surface area (Å²) < 4.78 is 5.35. The number of amides is 3. The summed E-state index contributed by atoms with van der Waals surface area (Å²) in [5, 5.41) is 16.6. The average molecular weight is 485 g/mol. The van der Waals surface area contributed by atoms with Crippen molar-refractivity contribution in [3.8, 4) is 0 Å². The quantitative estimate of drug-likeness (QED) is 0.472. The molecule has 0 unspecified atom stereocenters. The van der Waals surface area contributed by atoms with Crippen LogP contribution in [0.4, 0.5) is 10.5 Å². The summed E-state index contributed by atoms with van der Waals surface area (Å²) in [4.78, 5) is 38.5. The second kappa shape index (κ2) is 11.0. The van der Waals surface area contributed by atoms with Gasteiger partial charge >= 0.3 is 6.09 Å². The molecule has 0 saturated carbocycles. The minimum Gasteiger partial charge on any atom is -0.445 e. The van der Waals surface area contributed by atoms with E-state index in [1.807, 2.05) is 12.1 Å². The fourth-order valence-electron chi connectivity index (χ4n) is 3.73. The normalized spacial score (nSPS) is 14.1. The third-order valence-electron chi connectivity index (χ3n) is 5.66. The predicted molar refractivity (Wildman–Crippen MR) is 126 cm³/mol. The molecule has 1 saturated heterocycles. The van der Waals surface area contributed by atoms with Crippen LogP contribution in [-0.2, 0) is 20.9 Å². The Bertz CT molecular complexity index is 1160. The zero-order valence-electron chi connectivity index (χ0n) is 18.4. The topological polar surface area (TPSA) is 129 Å². The monoisotopic (exact) mass is 484 g/mol. The summed E-state index contributed by atoms with van der Waals surface area (Å²) in [7, 11) is 0. The molecule has 2 aromatic carbocycles. The van der Waals surface area contributed by atoms with E-state index in [4.69, 9.17) is 16.3 Å².